The zero-order chi connectivity index (χ0) is 17.7. The predicted octanol–water partition coefficient (Wildman–Crippen LogP) is 1.55. The zero-order valence-corrected chi connectivity index (χ0v) is 15.6. The number of sulfonamides is 1. The largest absolute Gasteiger partial charge is 0.355 e. The van der Waals surface area contributed by atoms with E-state index in [4.69, 9.17) is 0 Å². The summed E-state index contributed by atoms with van der Waals surface area (Å²) in [5.74, 6) is 0.642. The van der Waals surface area contributed by atoms with E-state index in [0.717, 1.165) is 11.1 Å². The first-order valence-corrected chi connectivity index (χ1v) is 9.09. The van der Waals surface area contributed by atoms with Crippen LogP contribution >= 0.6 is 0 Å². The van der Waals surface area contributed by atoms with Crippen molar-refractivity contribution in [1.29, 1.82) is 0 Å². The van der Waals surface area contributed by atoms with Gasteiger partial charge in [-0.1, -0.05) is 12.1 Å². The molecule has 0 saturated heterocycles. The Kier molecular flexibility index (Phi) is 6.58. The van der Waals surface area contributed by atoms with E-state index in [9.17, 15) is 8.42 Å². The summed E-state index contributed by atoms with van der Waals surface area (Å²) in [7, 11) is -1.82. The van der Waals surface area contributed by atoms with E-state index < -0.39 is 10.0 Å². The fourth-order valence-corrected chi connectivity index (χ4v) is 3.33. The second-order valence-corrected chi connectivity index (χ2v) is 8.28. The molecule has 130 valence electrons. The van der Waals surface area contributed by atoms with Gasteiger partial charge in [-0.15, -0.1) is 0 Å². The van der Waals surface area contributed by atoms with Crippen LogP contribution in [0.1, 0.15) is 31.9 Å². The third-order valence-corrected chi connectivity index (χ3v) is 4.66. The van der Waals surface area contributed by atoms with E-state index in [1.54, 1.807) is 20.0 Å². The first-order valence-electron chi connectivity index (χ1n) is 7.61. The van der Waals surface area contributed by atoms with Gasteiger partial charge in [0, 0.05) is 25.7 Å². The van der Waals surface area contributed by atoms with Crippen LogP contribution in [0.25, 0.3) is 0 Å². The van der Waals surface area contributed by atoms with Gasteiger partial charge in [-0.3, -0.25) is 4.99 Å². The molecular formula is C16H28N4O2S. The van der Waals surface area contributed by atoms with Crippen molar-refractivity contribution in [2.45, 2.75) is 45.1 Å². The van der Waals surface area contributed by atoms with Crippen LogP contribution in [0.2, 0.25) is 0 Å². The molecule has 0 bridgehead atoms. The molecule has 0 unspecified atom stereocenters. The number of nitrogens with zero attached hydrogens (tertiary/aromatic N) is 1. The van der Waals surface area contributed by atoms with Crippen molar-refractivity contribution in [3.8, 4) is 0 Å². The van der Waals surface area contributed by atoms with Gasteiger partial charge in [-0.2, -0.15) is 0 Å². The van der Waals surface area contributed by atoms with Gasteiger partial charge in [-0.05, 0) is 51.8 Å². The fraction of sp³-hybridized carbons (Fsp3) is 0.562. The van der Waals surface area contributed by atoms with E-state index >= 15 is 0 Å². The highest BCUT2D eigenvalue weighted by molar-refractivity contribution is 7.89. The maximum absolute atomic E-state index is 12.4. The normalized spacial score (nSPS) is 13.0. The topological polar surface area (TPSA) is 82.6 Å². The molecule has 0 saturated carbocycles. The summed E-state index contributed by atoms with van der Waals surface area (Å²) in [6.07, 6.45) is 0. The molecule has 0 spiro atoms. The maximum atomic E-state index is 12.4. The summed E-state index contributed by atoms with van der Waals surface area (Å²) >= 11 is 0. The molecule has 0 aliphatic rings. The van der Waals surface area contributed by atoms with Crippen molar-refractivity contribution in [1.82, 2.24) is 15.4 Å². The highest BCUT2D eigenvalue weighted by Crippen LogP contribution is 2.16. The predicted molar refractivity (Wildman–Crippen MR) is 95.4 cm³/mol. The number of benzene rings is 1. The molecule has 0 atom stereocenters. The standard InChI is InChI=1S/C16H28N4O2S/c1-12-7-8-13(2)14(11-12)23(21,22)19-10-9-18-15(17-6)20-16(3,4)5/h7-8,11,19H,9-10H2,1-6H3,(H2,17,18,20). The van der Waals surface area contributed by atoms with Crippen LogP contribution in [0.3, 0.4) is 0 Å². The van der Waals surface area contributed by atoms with Crippen molar-refractivity contribution in [3.05, 3.63) is 29.3 Å². The van der Waals surface area contributed by atoms with Gasteiger partial charge in [-0.25, -0.2) is 13.1 Å². The zero-order valence-electron chi connectivity index (χ0n) is 14.8. The van der Waals surface area contributed by atoms with Gasteiger partial charge in [0.15, 0.2) is 5.96 Å². The van der Waals surface area contributed by atoms with Crippen LogP contribution in [0.15, 0.2) is 28.1 Å². The Hall–Kier alpha value is -1.60. The SMILES string of the molecule is CN=C(NCCNS(=O)(=O)c1cc(C)ccc1C)NC(C)(C)C. The minimum Gasteiger partial charge on any atom is -0.355 e. The maximum Gasteiger partial charge on any atom is 0.240 e. The van der Waals surface area contributed by atoms with Crippen molar-refractivity contribution in [3.63, 3.8) is 0 Å². The number of guanidine groups is 1. The summed E-state index contributed by atoms with van der Waals surface area (Å²) in [4.78, 5) is 4.44. The highest BCUT2D eigenvalue weighted by atomic mass is 32.2. The molecular weight excluding hydrogens is 312 g/mol. The molecule has 0 amide bonds. The van der Waals surface area contributed by atoms with Crippen molar-refractivity contribution in [2.75, 3.05) is 20.1 Å². The quantitative estimate of drug-likeness (QED) is 0.431. The first kappa shape index (κ1) is 19.4. The molecule has 1 rings (SSSR count). The lowest BCUT2D eigenvalue weighted by Gasteiger charge is -2.23. The lowest BCUT2D eigenvalue weighted by Crippen LogP contribution is -2.49. The van der Waals surface area contributed by atoms with E-state index in [1.807, 2.05) is 39.8 Å². The Morgan fingerprint density at radius 2 is 1.83 bits per heavy atom. The van der Waals surface area contributed by atoms with Crippen molar-refractivity contribution < 1.29 is 8.42 Å². The molecule has 7 heteroatoms. The Bertz CT molecular complexity index is 661. The number of rotatable bonds is 5. The number of aliphatic imine (C=N–C) groups is 1. The second-order valence-electron chi connectivity index (χ2n) is 6.54. The molecule has 3 N–H and O–H groups in total. The second kappa shape index (κ2) is 7.79. The number of hydrogen-bond acceptors (Lipinski definition) is 3. The van der Waals surface area contributed by atoms with Crippen LogP contribution in [0, 0.1) is 13.8 Å². The van der Waals surface area contributed by atoms with Gasteiger partial charge < -0.3 is 10.6 Å². The molecule has 0 aromatic heterocycles. The number of nitrogens with one attached hydrogen (secondary N) is 3. The van der Waals surface area contributed by atoms with Crippen molar-refractivity contribution >= 4 is 16.0 Å². The summed E-state index contributed by atoms with van der Waals surface area (Å²) in [6.45, 7) is 10.5. The summed E-state index contributed by atoms with van der Waals surface area (Å²) < 4.78 is 27.3. The molecule has 1 aromatic rings. The van der Waals surface area contributed by atoms with Gasteiger partial charge in [0.05, 0.1) is 4.90 Å². The third-order valence-electron chi connectivity index (χ3n) is 3.06. The summed E-state index contributed by atoms with van der Waals surface area (Å²) in [6, 6.07) is 5.40. The molecule has 1 aromatic carbocycles. The van der Waals surface area contributed by atoms with E-state index in [1.165, 1.54) is 0 Å². The smallest absolute Gasteiger partial charge is 0.240 e. The number of aryl methyl sites for hydroxylation is 2. The highest BCUT2D eigenvalue weighted by Gasteiger charge is 2.16. The third kappa shape index (κ3) is 6.58. The van der Waals surface area contributed by atoms with Gasteiger partial charge >= 0.3 is 0 Å². The molecule has 23 heavy (non-hydrogen) atoms. The minimum absolute atomic E-state index is 0.111. The number of hydrogen-bond donors (Lipinski definition) is 3. The van der Waals surface area contributed by atoms with E-state index in [0.29, 0.717) is 17.4 Å². The monoisotopic (exact) mass is 340 g/mol. The van der Waals surface area contributed by atoms with E-state index in [2.05, 4.69) is 20.3 Å². The van der Waals surface area contributed by atoms with Crippen molar-refractivity contribution in [2.24, 2.45) is 4.99 Å². The van der Waals surface area contributed by atoms with Gasteiger partial charge in [0.2, 0.25) is 10.0 Å². The van der Waals surface area contributed by atoms with Gasteiger partial charge in [0.25, 0.3) is 0 Å². The fourth-order valence-electron chi connectivity index (χ4n) is 1.98. The molecule has 6 nitrogen and oxygen atoms in total. The van der Waals surface area contributed by atoms with Gasteiger partial charge in [0.1, 0.15) is 0 Å². The Morgan fingerprint density at radius 1 is 1.17 bits per heavy atom. The lowest BCUT2D eigenvalue weighted by atomic mass is 10.1. The molecule has 0 aliphatic carbocycles. The Balaban J connectivity index is 2.59. The van der Waals surface area contributed by atoms with Crippen LogP contribution in [-0.2, 0) is 10.0 Å². The summed E-state index contributed by atoms with van der Waals surface area (Å²) in [5.41, 5.74) is 1.55. The average Bonchev–Trinajstić information content (AvgIpc) is 2.43. The van der Waals surface area contributed by atoms with Crippen LogP contribution in [0.4, 0.5) is 0 Å². The lowest BCUT2D eigenvalue weighted by molar-refractivity contribution is 0.501. The minimum atomic E-state index is -3.50. The summed E-state index contributed by atoms with van der Waals surface area (Å²) in [5, 5.41) is 6.30. The first-order chi connectivity index (χ1) is 10.5. The average molecular weight is 340 g/mol. The molecule has 0 heterocycles. The Labute approximate surface area is 139 Å². The van der Waals surface area contributed by atoms with Crippen LogP contribution in [0.5, 0.6) is 0 Å². The Morgan fingerprint density at radius 3 is 2.39 bits per heavy atom. The molecule has 0 aliphatic heterocycles. The molecule has 0 radical (unpaired) electrons. The van der Waals surface area contributed by atoms with Crippen LogP contribution < -0.4 is 15.4 Å². The van der Waals surface area contributed by atoms with E-state index in [-0.39, 0.29) is 12.1 Å². The van der Waals surface area contributed by atoms with Crippen LogP contribution in [-0.4, -0.2) is 40.1 Å². The molecule has 0 fully saturated rings.